The summed E-state index contributed by atoms with van der Waals surface area (Å²) in [5.74, 6) is 4.20. The summed E-state index contributed by atoms with van der Waals surface area (Å²) in [7, 11) is 0. The summed E-state index contributed by atoms with van der Waals surface area (Å²) in [6.07, 6.45) is 33.2. The van der Waals surface area contributed by atoms with Crippen LogP contribution in [0.5, 0.6) is 0 Å². The molecule has 0 spiro atoms. The van der Waals surface area contributed by atoms with Gasteiger partial charge in [0.05, 0.1) is 54.5 Å². The Morgan fingerprint density at radius 3 is 1.37 bits per heavy atom. The molecule has 21 heteroatoms. The number of aromatic nitrogens is 7. The molecule has 0 unspecified atom stereocenters. The number of rotatable bonds is 15. The maximum Gasteiger partial charge on any atom is 0.407 e. The number of ether oxygens (including phenoxy) is 3. The highest BCUT2D eigenvalue weighted by atomic mass is 19.1. The second-order valence-corrected chi connectivity index (χ2v) is 27.2. The number of pyridine rings is 3. The first kappa shape index (κ1) is 70.0. The molecule has 3 amide bonds. The first-order valence-electron chi connectivity index (χ1n) is 35.7. The lowest BCUT2D eigenvalue weighted by atomic mass is 9.64. The molecule has 9 aromatic rings. The number of carbonyl (C=O) groups excluding carboxylic acids is 3. The van der Waals surface area contributed by atoms with E-state index in [1.54, 1.807) is 36.8 Å². The van der Waals surface area contributed by atoms with E-state index in [1.165, 1.54) is 60.4 Å². The van der Waals surface area contributed by atoms with E-state index in [0.29, 0.717) is 55.3 Å². The number of hydrogen-bond acceptors (Lipinski definition) is 14. The van der Waals surface area contributed by atoms with Gasteiger partial charge in [-0.3, -0.25) is 20.1 Å². The third kappa shape index (κ3) is 17.1. The second kappa shape index (κ2) is 32.9. The number of aromatic amines is 1. The molecule has 3 saturated carbocycles. The number of H-pyrrole nitrogens is 1. The van der Waals surface area contributed by atoms with Gasteiger partial charge in [-0.15, -0.1) is 0 Å². The second-order valence-electron chi connectivity index (χ2n) is 27.2. The zero-order valence-electron chi connectivity index (χ0n) is 57.4. The first-order valence-corrected chi connectivity index (χ1v) is 35.7. The van der Waals surface area contributed by atoms with E-state index in [-0.39, 0.29) is 71.6 Å². The van der Waals surface area contributed by atoms with Crippen molar-refractivity contribution in [3.8, 4) is 33.4 Å². The Morgan fingerprint density at radius 2 is 0.912 bits per heavy atom. The van der Waals surface area contributed by atoms with Gasteiger partial charge in [-0.05, 0) is 222 Å². The van der Waals surface area contributed by atoms with Crippen LogP contribution in [0.15, 0.2) is 174 Å². The van der Waals surface area contributed by atoms with Gasteiger partial charge in [0.2, 0.25) is 0 Å². The standard InChI is InChI=1S/C27H29FN4O2.2C27H28FN3O3/c1-2-34-27(33)31-23-9-10-24-19(14-23)12-20-16-30-32-26(20)25(24)11-8-22-7-6-18(15-29-22)17-4-3-5-21(28)13-17;1-2-33-27(32)31-22-9-10-23-19(13-22)14-25-26(30-16-34-25)24(23)11-8-21-7-6-18(15-29-21)17-4-3-5-20(28)12-17;1-2-33-27(32)31-22-9-10-23-19(13-22)14-25-26(34-16-30-25)24(23)11-8-21-7-6-18(15-29-21)17-4-3-5-20(28)12-17/h3-8,11,13,15-16,19,23-25H,2,9-10,12,14H2,1H3,(H,30,32)(H,31,33);2*3-8,11-12,15-16,19,22-24H,2,9-10,13-14H2,1H3,(H,31,32)/b3*11-8+/t19-,23-,24-,25+;2*19-,22+,23+,24-/m100/s1. The van der Waals surface area contributed by atoms with Crippen LogP contribution in [0.25, 0.3) is 51.6 Å². The van der Waals surface area contributed by atoms with Crippen LogP contribution < -0.4 is 16.0 Å². The summed E-state index contributed by atoms with van der Waals surface area (Å²) in [6.45, 7) is 6.56. The minimum absolute atomic E-state index is 0.115. The summed E-state index contributed by atoms with van der Waals surface area (Å²) < 4.78 is 67.3. The van der Waals surface area contributed by atoms with Crippen LogP contribution in [0.3, 0.4) is 0 Å². The fourth-order valence-corrected chi connectivity index (χ4v) is 16.3. The lowest BCUT2D eigenvalue weighted by Gasteiger charge is -2.42. The van der Waals surface area contributed by atoms with E-state index >= 15 is 0 Å². The number of fused-ring (bicyclic) bond motifs is 6. The van der Waals surface area contributed by atoms with Crippen LogP contribution in [0.4, 0.5) is 27.6 Å². The molecule has 6 aliphatic rings. The number of hydrogen-bond donors (Lipinski definition) is 4. The van der Waals surface area contributed by atoms with Crippen molar-refractivity contribution in [1.82, 2.24) is 51.1 Å². The summed E-state index contributed by atoms with van der Waals surface area (Å²) in [4.78, 5) is 58.4. The normalized spacial score (nSPS) is 23.8. The lowest BCUT2D eigenvalue weighted by molar-refractivity contribution is 0.125. The Kier molecular flexibility index (Phi) is 22.6. The molecule has 6 aliphatic carbocycles. The molecule has 528 valence electrons. The number of allylic oxidation sites excluding steroid dienone is 3. The number of benzene rings is 3. The molecule has 4 N–H and O–H groups in total. The van der Waals surface area contributed by atoms with Gasteiger partial charge in [0.1, 0.15) is 29.0 Å². The number of alkyl carbamates (subject to hydrolysis) is 3. The van der Waals surface area contributed by atoms with E-state index in [4.69, 9.17) is 23.0 Å². The van der Waals surface area contributed by atoms with Crippen molar-refractivity contribution < 1.29 is 50.6 Å². The van der Waals surface area contributed by atoms with Crippen molar-refractivity contribution in [2.24, 2.45) is 35.5 Å². The maximum absolute atomic E-state index is 13.5. The van der Waals surface area contributed by atoms with Gasteiger partial charge >= 0.3 is 18.3 Å². The van der Waals surface area contributed by atoms with Gasteiger partial charge in [0.15, 0.2) is 12.8 Å². The van der Waals surface area contributed by atoms with Crippen molar-refractivity contribution in [3.05, 3.63) is 234 Å². The van der Waals surface area contributed by atoms with Gasteiger partial charge in [0, 0.05) is 83.3 Å². The highest BCUT2D eigenvalue weighted by Gasteiger charge is 2.45. The topological polar surface area (TPSA) is 234 Å². The molecule has 12 atom stereocenters. The number of nitrogens with one attached hydrogen (secondary N) is 4. The highest BCUT2D eigenvalue weighted by molar-refractivity contribution is 5.69. The quantitative estimate of drug-likeness (QED) is 0.0699. The largest absolute Gasteiger partial charge is 0.450 e. The van der Waals surface area contributed by atoms with Crippen LogP contribution >= 0.6 is 0 Å². The smallest absolute Gasteiger partial charge is 0.407 e. The van der Waals surface area contributed by atoms with Gasteiger partial charge in [-0.25, -0.2) is 37.5 Å². The molecule has 0 aliphatic heterocycles. The van der Waals surface area contributed by atoms with Crippen LogP contribution in [-0.2, 0) is 33.5 Å². The third-order valence-corrected chi connectivity index (χ3v) is 21.0. The summed E-state index contributed by atoms with van der Waals surface area (Å²) in [5.41, 5.74) is 12.0. The summed E-state index contributed by atoms with van der Waals surface area (Å²) >= 11 is 0. The number of nitrogens with zero attached hydrogens (tertiary/aromatic N) is 6. The molecular weight excluding hydrogens is 1300 g/mol. The fraction of sp³-hybridized carbons (Fsp3) is 0.370. The van der Waals surface area contributed by atoms with Crippen molar-refractivity contribution in [2.45, 2.75) is 134 Å². The van der Waals surface area contributed by atoms with Gasteiger partial charge in [-0.1, -0.05) is 72.8 Å². The monoisotopic (exact) mass is 1380 g/mol. The van der Waals surface area contributed by atoms with Gasteiger partial charge in [0.25, 0.3) is 0 Å². The zero-order valence-corrected chi connectivity index (χ0v) is 57.4. The SMILES string of the molecule is CCOC(=O)N[C@@H]1CC[C@@H]2[C@H](Cc3cn[nH]c3[C@H]2/C=C/c2ccc(-c3cccc(F)c3)cn2)C1.CCOC(=O)N[C@@H]1CC[C@@H]2[C@H](Cc3ncoc3[C@H]2/C=C/c2ccc(-c3cccc(F)c3)cn2)C1.CCOC(=O)N[C@@H]1CC[C@@H]2[C@H](Cc3ocnc3[C@H]2/C=C/c2ccc(-c3cccc(F)c3)cn2)C1. The van der Waals surface area contributed by atoms with Gasteiger partial charge in [-0.2, -0.15) is 5.10 Å². The van der Waals surface area contributed by atoms with Gasteiger partial charge < -0.3 is 39.0 Å². The van der Waals surface area contributed by atoms with Crippen LogP contribution in [0.2, 0.25) is 0 Å². The van der Waals surface area contributed by atoms with E-state index in [0.717, 1.165) is 150 Å². The van der Waals surface area contributed by atoms with Crippen molar-refractivity contribution in [1.29, 1.82) is 0 Å². The Labute approximate surface area is 591 Å². The minimum atomic E-state index is -0.341. The van der Waals surface area contributed by atoms with E-state index < -0.39 is 0 Å². The van der Waals surface area contributed by atoms with Crippen molar-refractivity contribution in [3.63, 3.8) is 0 Å². The van der Waals surface area contributed by atoms with Crippen molar-refractivity contribution in [2.75, 3.05) is 19.8 Å². The Balaban J connectivity index is 0.000000137. The molecule has 0 saturated heterocycles. The predicted molar refractivity (Wildman–Crippen MR) is 381 cm³/mol. The molecular formula is C81H85F3N10O8. The first-order chi connectivity index (χ1) is 49.8. The molecule has 6 heterocycles. The molecule has 6 aromatic heterocycles. The number of halogens is 3. The third-order valence-electron chi connectivity index (χ3n) is 21.0. The minimum Gasteiger partial charge on any atom is -0.450 e. The Bertz CT molecular complexity index is 3960. The van der Waals surface area contributed by atoms with Crippen LogP contribution in [0.1, 0.15) is 148 Å². The fourth-order valence-electron chi connectivity index (χ4n) is 16.3. The predicted octanol–water partition coefficient (Wildman–Crippen LogP) is 17.0. The maximum atomic E-state index is 13.5. The summed E-state index contributed by atoms with van der Waals surface area (Å²) in [5, 5.41) is 16.6. The molecule has 18 nitrogen and oxygen atoms in total. The van der Waals surface area contributed by atoms with Crippen LogP contribution in [0, 0.1) is 53.0 Å². The molecule has 0 bridgehead atoms. The average molecular weight is 1380 g/mol. The number of carbonyl (C=O) groups is 3. The van der Waals surface area contributed by atoms with E-state index in [9.17, 15) is 27.6 Å². The number of amides is 3. The molecule has 0 radical (unpaired) electrons. The summed E-state index contributed by atoms with van der Waals surface area (Å²) in [6, 6.07) is 31.7. The molecule has 102 heavy (non-hydrogen) atoms. The van der Waals surface area contributed by atoms with Crippen LogP contribution in [-0.4, -0.2) is 91.3 Å². The molecule has 15 rings (SSSR count). The Hall–Kier alpha value is -10.4. The molecule has 3 fully saturated rings. The lowest BCUT2D eigenvalue weighted by Crippen LogP contribution is -2.44. The Morgan fingerprint density at radius 1 is 0.480 bits per heavy atom. The highest BCUT2D eigenvalue weighted by Crippen LogP contribution is 2.50. The molecule has 3 aromatic carbocycles. The average Bonchev–Trinajstić information content (AvgIpc) is 1.29. The zero-order chi connectivity index (χ0) is 70.5. The van der Waals surface area contributed by atoms with Crippen molar-refractivity contribution >= 4 is 36.5 Å². The number of oxazole rings is 2. The van der Waals surface area contributed by atoms with E-state index in [2.05, 4.69) is 75.4 Å². The van der Waals surface area contributed by atoms with E-state index in [1.807, 2.05) is 93.7 Å².